The molecule has 5 heteroatoms. The highest BCUT2D eigenvalue weighted by atomic mass is 16.7. The van der Waals surface area contributed by atoms with Crippen LogP contribution in [-0.4, -0.2) is 36.0 Å². The van der Waals surface area contributed by atoms with Crippen LogP contribution < -0.4 is 9.47 Å². The predicted molar refractivity (Wildman–Crippen MR) is 92.4 cm³/mol. The van der Waals surface area contributed by atoms with Crippen molar-refractivity contribution in [2.24, 2.45) is 0 Å². The molecule has 2 aliphatic heterocycles. The minimum Gasteiger partial charge on any atom is -0.454 e. The Labute approximate surface area is 147 Å². The fraction of sp³-hybridized carbons (Fsp3) is 0.350. The molecule has 0 radical (unpaired) electrons. The van der Waals surface area contributed by atoms with E-state index in [4.69, 9.17) is 14.7 Å². The largest absolute Gasteiger partial charge is 0.454 e. The molecule has 0 aromatic heterocycles. The zero-order valence-electron chi connectivity index (χ0n) is 13.9. The molecule has 1 fully saturated rings. The molecule has 0 bridgehead atoms. The number of aliphatic hydroxyl groups excluding tert-OH is 1. The number of likely N-dealkylation sites (tertiary alicyclic amines) is 1. The van der Waals surface area contributed by atoms with Crippen molar-refractivity contribution in [2.75, 3.05) is 19.9 Å². The van der Waals surface area contributed by atoms with Crippen LogP contribution in [0.2, 0.25) is 0 Å². The number of β-amino-alcohol motifs (C(OH)–C–C–N with tert-alkyl or cyclic N) is 1. The van der Waals surface area contributed by atoms with Crippen molar-refractivity contribution in [1.82, 2.24) is 4.90 Å². The van der Waals surface area contributed by atoms with E-state index in [0.717, 1.165) is 42.1 Å². The summed E-state index contributed by atoms with van der Waals surface area (Å²) in [5.74, 6) is 1.64. The van der Waals surface area contributed by atoms with Crippen LogP contribution in [0.5, 0.6) is 11.5 Å². The molecule has 1 saturated heterocycles. The zero-order valence-corrected chi connectivity index (χ0v) is 13.9. The third-order valence-electron chi connectivity index (χ3n) is 4.95. The van der Waals surface area contributed by atoms with Crippen LogP contribution in [-0.2, 0) is 6.54 Å². The summed E-state index contributed by atoms with van der Waals surface area (Å²) in [6.07, 6.45) is 0.465. The zero-order chi connectivity index (χ0) is 17.2. The highest BCUT2D eigenvalue weighted by Gasteiger charge is 2.30. The Bertz CT molecular complexity index is 815. The quantitative estimate of drug-likeness (QED) is 0.933. The lowest BCUT2D eigenvalue weighted by Crippen LogP contribution is -2.42. The molecule has 0 amide bonds. The smallest absolute Gasteiger partial charge is 0.231 e. The first-order valence-corrected chi connectivity index (χ1v) is 8.52. The molecule has 128 valence electrons. The van der Waals surface area contributed by atoms with Gasteiger partial charge in [0.15, 0.2) is 11.5 Å². The Balaban J connectivity index is 1.43. The second-order valence-corrected chi connectivity index (χ2v) is 6.62. The molecule has 2 aromatic carbocycles. The van der Waals surface area contributed by atoms with Gasteiger partial charge in [0.2, 0.25) is 6.79 Å². The highest BCUT2D eigenvalue weighted by molar-refractivity contribution is 5.45. The Morgan fingerprint density at radius 2 is 2.04 bits per heavy atom. The minimum absolute atomic E-state index is 0.108. The lowest BCUT2D eigenvalue weighted by atomic mass is 9.86. The molecule has 5 nitrogen and oxygen atoms in total. The SMILES string of the molecule is N#Cc1cccc(CN2CC[C@@H](c3ccc4c(c3)OCO4)[C@H](O)C2)c1. The third-order valence-corrected chi connectivity index (χ3v) is 4.95. The van der Waals surface area contributed by atoms with E-state index in [1.54, 1.807) is 0 Å². The van der Waals surface area contributed by atoms with Crippen molar-refractivity contribution in [2.45, 2.75) is 25.0 Å². The van der Waals surface area contributed by atoms with Gasteiger partial charge in [0, 0.05) is 19.0 Å². The van der Waals surface area contributed by atoms with Gasteiger partial charge in [0.1, 0.15) is 0 Å². The van der Waals surface area contributed by atoms with Crippen LogP contribution in [0.3, 0.4) is 0 Å². The maximum absolute atomic E-state index is 10.7. The number of fused-ring (bicyclic) bond motifs is 1. The fourth-order valence-electron chi connectivity index (χ4n) is 3.67. The monoisotopic (exact) mass is 336 g/mol. The van der Waals surface area contributed by atoms with Crippen molar-refractivity contribution >= 4 is 0 Å². The van der Waals surface area contributed by atoms with Crippen LogP contribution in [0, 0.1) is 11.3 Å². The maximum atomic E-state index is 10.7. The number of hydrogen-bond donors (Lipinski definition) is 1. The Hall–Kier alpha value is -2.55. The van der Waals surface area contributed by atoms with E-state index in [1.807, 2.05) is 42.5 Å². The summed E-state index contributed by atoms with van der Waals surface area (Å²) >= 11 is 0. The first-order valence-electron chi connectivity index (χ1n) is 8.52. The molecule has 4 rings (SSSR count). The van der Waals surface area contributed by atoms with Gasteiger partial charge in [0.05, 0.1) is 17.7 Å². The van der Waals surface area contributed by atoms with Crippen LogP contribution in [0.25, 0.3) is 0 Å². The van der Waals surface area contributed by atoms with E-state index in [2.05, 4.69) is 11.0 Å². The van der Waals surface area contributed by atoms with E-state index >= 15 is 0 Å². The Morgan fingerprint density at radius 1 is 1.16 bits per heavy atom. The van der Waals surface area contributed by atoms with Crippen LogP contribution in [0.1, 0.15) is 29.0 Å². The van der Waals surface area contributed by atoms with Crippen molar-refractivity contribution in [1.29, 1.82) is 5.26 Å². The number of benzene rings is 2. The number of ether oxygens (including phenoxy) is 2. The van der Waals surface area contributed by atoms with Gasteiger partial charge >= 0.3 is 0 Å². The summed E-state index contributed by atoms with van der Waals surface area (Å²) in [6.45, 7) is 2.55. The first-order chi connectivity index (χ1) is 12.2. The number of hydrogen-bond acceptors (Lipinski definition) is 5. The van der Waals surface area contributed by atoms with Crippen molar-refractivity contribution in [3.05, 3.63) is 59.2 Å². The summed E-state index contributed by atoms with van der Waals surface area (Å²) in [4.78, 5) is 2.24. The van der Waals surface area contributed by atoms with Crippen LogP contribution in [0.15, 0.2) is 42.5 Å². The molecule has 0 spiro atoms. The molecular weight excluding hydrogens is 316 g/mol. The first kappa shape index (κ1) is 15.9. The van der Waals surface area contributed by atoms with Crippen molar-refractivity contribution in [3.8, 4) is 17.6 Å². The van der Waals surface area contributed by atoms with Gasteiger partial charge in [-0.3, -0.25) is 4.90 Å². The summed E-state index contributed by atoms with van der Waals surface area (Å²) in [5.41, 5.74) is 2.88. The molecule has 2 atom stereocenters. The molecular formula is C20H20N2O3. The van der Waals surface area contributed by atoms with Crippen molar-refractivity contribution < 1.29 is 14.6 Å². The number of aliphatic hydroxyl groups is 1. The van der Waals surface area contributed by atoms with Gasteiger partial charge in [-0.2, -0.15) is 5.26 Å². The van der Waals surface area contributed by atoms with Gasteiger partial charge in [-0.25, -0.2) is 0 Å². The summed E-state index contributed by atoms with van der Waals surface area (Å²) in [7, 11) is 0. The third kappa shape index (κ3) is 3.32. The molecule has 2 heterocycles. The second-order valence-electron chi connectivity index (χ2n) is 6.62. The molecule has 2 aromatic rings. The lowest BCUT2D eigenvalue weighted by Gasteiger charge is -2.36. The number of nitrogens with zero attached hydrogens (tertiary/aromatic N) is 2. The normalized spacial score (nSPS) is 22.6. The summed E-state index contributed by atoms with van der Waals surface area (Å²) in [5, 5.41) is 19.7. The average molecular weight is 336 g/mol. The lowest BCUT2D eigenvalue weighted by molar-refractivity contribution is 0.0476. The molecule has 0 aliphatic carbocycles. The topological polar surface area (TPSA) is 65.7 Å². The Morgan fingerprint density at radius 3 is 2.88 bits per heavy atom. The van der Waals surface area contributed by atoms with Crippen LogP contribution >= 0.6 is 0 Å². The van der Waals surface area contributed by atoms with Crippen LogP contribution in [0.4, 0.5) is 0 Å². The van der Waals surface area contributed by atoms with Gasteiger partial charge < -0.3 is 14.6 Å². The van der Waals surface area contributed by atoms with E-state index < -0.39 is 6.10 Å². The molecule has 0 saturated carbocycles. The molecule has 25 heavy (non-hydrogen) atoms. The van der Waals surface area contributed by atoms with E-state index in [9.17, 15) is 5.11 Å². The van der Waals surface area contributed by atoms with E-state index in [0.29, 0.717) is 12.1 Å². The molecule has 0 unspecified atom stereocenters. The minimum atomic E-state index is -0.423. The Kier molecular flexibility index (Phi) is 4.31. The van der Waals surface area contributed by atoms with Gasteiger partial charge in [0.25, 0.3) is 0 Å². The van der Waals surface area contributed by atoms with Gasteiger partial charge in [-0.1, -0.05) is 18.2 Å². The summed E-state index contributed by atoms with van der Waals surface area (Å²) < 4.78 is 10.8. The fourth-order valence-corrected chi connectivity index (χ4v) is 3.67. The van der Waals surface area contributed by atoms with Gasteiger partial charge in [-0.05, 0) is 48.4 Å². The standard InChI is InChI=1S/C20H20N2O3/c21-10-14-2-1-3-15(8-14)11-22-7-6-17(18(23)12-22)16-4-5-19-20(9-16)25-13-24-19/h1-5,8-9,17-18,23H,6-7,11-13H2/t17-,18+/m0/s1. The summed E-state index contributed by atoms with van der Waals surface area (Å²) in [6, 6.07) is 15.8. The molecule has 1 N–H and O–H groups in total. The predicted octanol–water partition coefficient (Wildman–Crippen LogP) is 2.64. The van der Waals surface area contributed by atoms with E-state index in [-0.39, 0.29) is 12.7 Å². The number of nitriles is 1. The van der Waals surface area contributed by atoms with Crippen molar-refractivity contribution in [3.63, 3.8) is 0 Å². The second kappa shape index (κ2) is 6.75. The van der Waals surface area contributed by atoms with E-state index in [1.165, 1.54) is 0 Å². The van der Waals surface area contributed by atoms with Gasteiger partial charge in [-0.15, -0.1) is 0 Å². The average Bonchev–Trinajstić information content (AvgIpc) is 3.10. The number of rotatable bonds is 3. The highest BCUT2D eigenvalue weighted by Crippen LogP contribution is 2.37. The number of piperidine rings is 1. The molecule has 2 aliphatic rings. The maximum Gasteiger partial charge on any atom is 0.231 e.